The monoisotopic (exact) mass is 574 g/mol. The fourth-order valence-corrected chi connectivity index (χ4v) is 3.58. The number of halogens is 3. The number of aliphatic hydroxyl groups excluding tert-OH is 1. The van der Waals surface area contributed by atoms with Crippen molar-refractivity contribution in [2.45, 2.75) is 45.4 Å². The van der Waals surface area contributed by atoms with Crippen LogP contribution < -0.4 is 20.3 Å². The first kappa shape index (κ1) is 27.1. The van der Waals surface area contributed by atoms with Crippen molar-refractivity contribution in [1.29, 1.82) is 0 Å². The number of anilines is 1. The lowest BCUT2D eigenvalue weighted by molar-refractivity contribution is 0.145. The summed E-state index contributed by atoms with van der Waals surface area (Å²) in [6.45, 7) is 6.63. The number of aliphatic imine (C=N–C) groups is 1. The Morgan fingerprint density at radius 1 is 1.18 bits per heavy atom. The third-order valence-corrected chi connectivity index (χ3v) is 5.27. The van der Waals surface area contributed by atoms with Crippen LogP contribution in [0.4, 0.5) is 14.5 Å². The van der Waals surface area contributed by atoms with Gasteiger partial charge in [-0.15, -0.1) is 24.0 Å². The Hall–Kier alpha value is -2.14. The second-order valence-corrected chi connectivity index (χ2v) is 7.97. The minimum atomic E-state index is -0.339. The smallest absolute Gasteiger partial charge is 0.191 e. The van der Waals surface area contributed by atoms with Crippen LogP contribution in [-0.2, 0) is 6.54 Å². The average Bonchev–Trinajstić information content (AvgIpc) is 2.76. The van der Waals surface area contributed by atoms with E-state index in [0.717, 1.165) is 5.56 Å². The molecule has 3 rings (SSSR count). The molecule has 9 heteroatoms. The van der Waals surface area contributed by atoms with Gasteiger partial charge in [0.05, 0.1) is 24.9 Å². The summed E-state index contributed by atoms with van der Waals surface area (Å²) < 4.78 is 33.7. The molecule has 2 aromatic carbocycles. The Morgan fingerprint density at radius 2 is 1.94 bits per heavy atom. The van der Waals surface area contributed by atoms with E-state index in [1.165, 1.54) is 18.2 Å². The highest BCUT2D eigenvalue weighted by molar-refractivity contribution is 14.0. The quantitative estimate of drug-likeness (QED) is 0.252. The van der Waals surface area contributed by atoms with Crippen LogP contribution in [0.25, 0.3) is 0 Å². The van der Waals surface area contributed by atoms with Gasteiger partial charge in [0.2, 0.25) is 0 Å². The van der Waals surface area contributed by atoms with E-state index in [1.807, 2.05) is 24.8 Å². The van der Waals surface area contributed by atoms with Crippen molar-refractivity contribution in [3.63, 3.8) is 0 Å². The number of guanidine groups is 1. The molecule has 6 nitrogen and oxygen atoms in total. The molecule has 0 saturated carbocycles. The van der Waals surface area contributed by atoms with Crippen LogP contribution in [0.5, 0.6) is 5.75 Å². The van der Waals surface area contributed by atoms with Crippen molar-refractivity contribution in [3.05, 3.63) is 59.7 Å². The van der Waals surface area contributed by atoms with Crippen molar-refractivity contribution >= 4 is 35.6 Å². The number of piperidine rings is 1. The number of nitrogens with one attached hydrogen (secondary N) is 2. The van der Waals surface area contributed by atoms with Gasteiger partial charge in [-0.2, -0.15) is 0 Å². The van der Waals surface area contributed by atoms with Crippen LogP contribution >= 0.6 is 24.0 Å². The molecule has 33 heavy (non-hydrogen) atoms. The van der Waals surface area contributed by atoms with E-state index in [4.69, 9.17) is 4.74 Å². The maximum Gasteiger partial charge on any atom is 0.191 e. The van der Waals surface area contributed by atoms with E-state index < -0.39 is 0 Å². The standard InChI is InChI=1S/C24H32F2N4O2.HI/c1-3-27-24(28-15-17(2)32-21-6-4-5-19(25)14-21)29-16-18-7-8-23(22(26)13-18)30-11-9-20(31)10-12-30;/h4-8,13-14,17,20,31H,3,9-12,15-16H2,1-2H3,(H2,27,28,29);1H. The topological polar surface area (TPSA) is 69.1 Å². The predicted octanol–water partition coefficient (Wildman–Crippen LogP) is 4.07. The van der Waals surface area contributed by atoms with Crippen LogP contribution in [0.15, 0.2) is 47.5 Å². The van der Waals surface area contributed by atoms with Crippen molar-refractivity contribution in [2.24, 2.45) is 4.99 Å². The van der Waals surface area contributed by atoms with Gasteiger partial charge in [0.1, 0.15) is 23.5 Å². The number of rotatable bonds is 8. The van der Waals surface area contributed by atoms with Crippen LogP contribution in [0.3, 0.4) is 0 Å². The summed E-state index contributed by atoms with van der Waals surface area (Å²) in [5, 5.41) is 16.0. The molecule has 1 aliphatic rings. The number of aliphatic hydroxyl groups is 1. The molecule has 0 aromatic heterocycles. The van der Waals surface area contributed by atoms with Crippen molar-refractivity contribution in [2.75, 3.05) is 31.1 Å². The average molecular weight is 574 g/mol. The zero-order valence-corrected chi connectivity index (χ0v) is 21.4. The molecule has 0 amide bonds. The molecule has 182 valence electrons. The zero-order chi connectivity index (χ0) is 22.9. The van der Waals surface area contributed by atoms with Gasteiger partial charge < -0.3 is 25.4 Å². The van der Waals surface area contributed by atoms with Crippen LogP contribution in [0.1, 0.15) is 32.3 Å². The Morgan fingerprint density at radius 3 is 2.61 bits per heavy atom. The van der Waals surface area contributed by atoms with Gasteiger partial charge in [-0.05, 0) is 56.5 Å². The van der Waals surface area contributed by atoms with E-state index in [0.29, 0.717) is 63.0 Å². The summed E-state index contributed by atoms with van der Waals surface area (Å²) in [7, 11) is 0. The first-order chi connectivity index (χ1) is 15.4. The molecule has 0 bridgehead atoms. The predicted molar refractivity (Wildman–Crippen MR) is 139 cm³/mol. The molecular formula is C24H33F2IN4O2. The number of ether oxygens (including phenoxy) is 1. The molecule has 1 aliphatic heterocycles. The van der Waals surface area contributed by atoms with Gasteiger partial charge in [-0.25, -0.2) is 13.8 Å². The largest absolute Gasteiger partial charge is 0.489 e. The van der Waals surface area contributed by atoms with E-state index in [1.54, 1.807) is 18.2 Å². The summed E-state index contributed by atoms with van der Waals surface area (Å²) in [5.74, 6) is 0.453. The van der Waals surface area contributed by atoms with Crippen molar-refractivity contribution in [3.8, 4) is 5.75 Å². The fraction of sp³-hybridized carbons (Fsp3) is 0.458. The molecule has 0 radical (unpaired) electrons. The van der Waals surface area contributed by atoms with Gasteiger partial charge in [0, 0.05) is 25.7 Å². The number of hydrogen-bond donors (Lipinski definition) is 3. The molecule has 1 heterocycles. The number of nitrogens with zero attached hydrogens (tertiary/aromatic N) is 2. The first-order valence-corrected chi connectivity index (χ1v) is 11.1. The molecular weight excluding hydrogens is 541 g/mol. The zero-order valence-electron chi connectivity index (χ0n) is 19.1. The summed E-state index contributed by atoms with van der Waals surface area (Å²) in [4.78, 5) is 6.51. The highest BCUT2D eigenvalue weighted by atomic mass is 127. The highest BCUT2D eigenvalue weighted by Gasteiger charge is 2.19. The molecule has 1 fully saturated rings. The van der Waals surface area contributed by atoms with E-state index in [-0.39, 0.29) is 47.8 Å². The Kier molecular flexibility index (Phi) is 11.1. The van der Waals surface area contributed by atoms with Crippen LogP contribution in [0, 0.1) is 11.6 Å². The van der Waals surface area contributed by atoms with E-state index >= 15 is 0 Å². The lowest BCUT2D eigenvalue weighted by atomic mass is 10.1. The minimum absolute atomic E-state index is 0. The molecule has 2 aromatic rings. The van der Waals surface area contributed by atoms with E-state index in [2.05, 4.69) is 15.6 Å². The Balaban J connectivity index is 0.00000385. The molecule has 1 atom stereocenters. The molecule has 1 unspecified atom stereocenters. The maximum atomic E-state index is 14.7. The fourth-order valence-electron chi connectivity index (χ4n) is 3.58. The third kappa shape index (κ3) is 8.62. The van der Waals surface area contributed by atoms with Crippen molar-refractivity contribution in [1.82, 2.24) is 10.6 Å². The second-order valence-electron chi connectivity index (χ2n) is 7.97. The summed E-state index contributed by atoms with van der Waals surface area (Å²) in [6.07, 6.45) is 0.817. The van der Waals surface area contributed by atoms with Gasteiger partial charge in [-0.3, -0.25) is 0 Å². The molecule has 0 spiro atoms. The second kappa shape index (κ2) is 13.5. The number of hydrogen-bond acceptors (Lipinski definition) is 4. The normalized spacial score (nSPS) is 15.5. The Bertz CT molecular complexity index is 908. The van der Waals surface area contributed by atoms with E-state index in [9.17, 15) is 13.9 Å². The third-order valence-electron chi connectivity index (χ3n) is 5.27. The summed E-state index contributed by atoms with van der Waals surface area (Å²) in [6, 6.07) is 11.2. The maximum absolute atomic E-state index is 14.7. The number of benzene rings is 2. The summed E-state index contributed by atoms with van der Waals surface area (Å²) >= 11 is 0. The summed E-state index contributed by atoms with van der Waals surface area (Å²) in [5.41, 5.74) is 1.34. The van der Waals surface area contributed by atoms with Crippen molar-refractivity contribution < 1.29 is 18.6 Å². The lowest BCUT2D eigenvalue weighted by Crippen LogP contribution is -2.41. The lowest BCUT2D eigenvalue weighted by Gasteiger charge is -2.31. The van der Waals surface area contributed by atoms with Gasteiger partial charge in [0.15, 0.2) is 5.96 Å². The van der Waals surface area contributed by atoms with Gasteiger partial charge >= 0.3 is 0 Å². The first-order valence-electron chi connectivity index (χ1n) is 11.1. The van der Waals surface area contributed by atoms with Crippen LogP contribution in [-0.4, -0.2) is 49.5 Å². The highest BCUT2D eigenvalue weighted by Crippen LogP contribution is 2.24. The molecule has 1 saturated heterocycles. The SMILES string of the molecule is CCNC(=NCc1ccc(N2CCC(O)CC2)c(F)c1)NCC(C)Oc1cccc(F)c1.I. The molecule has 3 N–H and O–H groups in total. The Labute approximate surface area is 211 Å². The van der Waals surface area contributed by atoms with Crippen LogP contribution in [0.2, 0.25) is 0 Å². The minimum Gasteiger partial charge on any atom is -0.489 e. The van der Waals surface area contributed by atoms with Gasteiger partial charge in [-0.1, -0.05) is 12.1 Å². The molecule has 0 aliphatic carbocycles. The van der Waals surface area contributed by atoms with Gasteiger partial charge in [0.25, 0.3) is 0 Å².